The Bertz CT molecular complexity index is 49.1. The lowest BCUT2D eigenvalue weighted by molar-refractivity contribution is 0.555. The lowest BCUT2D eigenvalue weighted by Crippen LogP contribution is -1.84. The lowest BCUT2D eigenvalue weighted by atomic mass is 10.1. The molecule has 2 atom stereocenters. The van der Waals surface area contributed by atoms with Gasteiger partial charge >= 0.3 is 0 Å². The van der Waals surface area contributed by atoms with Gasteiger partial charge in [0, 0.05) is 0 Å². The first-order chi connectivity index (χ1) is 4.29. The summed E-state index contributed by atoms with van der Waals surface area (Å²) in [6.45, 7) is 8.70. The Morgan fingerprint density at radius 1 is 0.818 bits per heavy atom. The molecule has 0 spiro atoms. The molecule has 0 heteroatoms. The fraction of sp³-hybridized carbons (Fsp3) is 1.00. The number of rotatable bonds is 0. The molecule has 0 aromatic carbocycles. The third-order valence-electron chi connectivity index (χ3n) is 1.96. The van der Waals surface area contributed by atoms with Crippen molar-refractivity contribution >= 4 is 0 Å². The minimum atomic E-state index is 0. The van der Waals surface area contributed by atoms with Crippen LogP contribution in [0.15, 0.2) is 0 Å². The lowest BCUT2D eigenvalue weighted by Gasteiger charge is -1.96. The summed E-state index contributed by atoms with van der Waals surface area (Å²) in [7, 11) is 0. The Balaban J connectivity index is -0.000000149. The van der Waals surface area contributed by atoms with E-state index in [-0.39, 0.29) is 14.9 Å². The first kappa shape index (κ1) is 17.2. The van der Waals surface area contributed by atoms with Crippen molar-refractivity contribution in [3.8, 4) is 0 Å². The van der Waals surface area contributed by atoms with E-state index in [1.54, 1.807) is 0 Å². The zero-order valence-corrected chi connectivity index (χ0v) is 7.28. The fourth-order valence-corrected chi connectivity index (χ4v) is 1.49. The molecule has 1 aliphatic rings. The molecular formula is C11H28. The van der Waals surface area contributed by atoms with E-state index < -0.39 is 0 Å². The second kappa shape index (κ2) is 10.0. The molecule has 1 fully saturated rings. The Hall–Kier alpha value is 0. The van der Waals surface area contributed by atoms with Gasteiger partial charge in [-0.3, -0.25) is 0 Å². The quantitative estimate of drug-likeness (QED) is 0.480. The number of hydrogen-bond acceptors (Lipinski definition) is 0. The topological polar surface area (TPSA) is 0 Å². The zero-order valence-electron chi connectivity index (χ0n) is 7.28. The maximum Gasteiger partial charge on any atom is -0.0440 e. The molecule has 1 saturated carbocycles. The van der Waals surface area contributed by atoms with Crippen molar-refractivity contribution in [3.63, 3.8) is 0 Å². The van der Waals surface area contributed by atoms with Crippen LogP contribution in [0.25, 0.3) is 0 Å². The molecule has 0 radical (unpaired) electrons. The van der Waals surface area contributed by atoms with Crippen LogP contribution in [0.5, 0.6) is 0 Å². The van der Waals surface area contributed by atoms with Crippen molar-refractivity contribution in [1.82, 2.24) is 0 Å². The minimum absolute atomic E-state index is 0. The van der Waals surface area contributed by atoms with Gasteiger partial charge in [0.15, 0.2) is 0 Å². The van der Waals surface area contributed by atoms with Crippen LogP contribution in [0.4, 0.5) is 0 Å². The Morgan fingerprint density at radius 3 is 1.18 bits per heavy atom. The summed E-state index contributed by atoms with van der Waals surface area (Å²) in [5.41, 5.74) is 0. The molecule has 0 nitrogen and oxygen atoms in total. The summed E-state index contributed by atoms with van der Waals surface area (Å²) in [6.07, 6.45) is 4.42. The molecular weight excluding hydrogens is 132 g/mol. The SMILES string of the molecule is C.C.CC.CC1CCC(C)C1. The second-order valence-electron chi connectivity index (χ2n) is 3.02. The Labute approximate surface area is 74.4 Å². The average Bonchev–Trinajstić information content (AvgIpc) is 2.20. The molecule has 0 aromatic heterocycles. The standard InChI is InChI=1S/C7H14.C2H6.2CH4/c1-6-3-4-7(2)5-6;1-2;;/h6-7H,3-5H2,1-2H3;1-2H3;2*1H4. The maximum atomic E-state index is 2.35. The van der Waals surface area contributed by atoms with E-state index in [2.05, 4.69) is 13.8 Å². The molecule has 2 unspecified atom stereocenters. The molecule has 72 valence electrons. The molecule has 0 aromatic rings. The van der Waals surface area contributed by atoms with Gasteiger partial charge in [-0.15, -0.1) is 0 Å². The van der Waals surface area contributed by atoms with Gasteiger partial charge in [-0.1, -0.05) is 55.4 Å². The molecule has 1 aliphatic carbocycles. The molecule has 0 saturated heterocycles. The van der Waals surface area contributed by atoms with E-state index in [1.165, 1.54) is 19.3 Å². The van der Waals surface area contributed by atoms with Crippen LogP contribution in [-0.2, 0) is 0 Å². The monoisotopic (exact) mass is 160 g/mol. The summed E-state index contributed by atoms with van der Waals surface area (Å²) < 4.78 is 0. The largest absolute Gasteiger partial charge is 0.0776 e. The van der Waals surface area contributed by atoms with Crippen molar-refractivity contribution in [2.45, 2.75) is 61.8 Å². The van der Waals surface area contributed by atoms with Crippen LogP contribution >= 0.6 is 0 Å². The van der Waals surface area contributed by atoms with Crippen LogP contribution in [0.2, 0.25) is 0 Å². The summed E-state index contributed by atoms with van der Waals surface area (Å²) in [4.78, 5) is 0. The van der Waals surface area contributed by atoms with E-state index in [0.29, 0.717) is 0 Å². The molecule has 0 bridgehead atoms. The van der Waals surface area contributed by atoms with Gasteiger partial charge in [-0.25, -0.2) is 0 Å². The predicted molar refractivity (Wildman–Crippen MR) is 57.0 cm³/mol. The van der Waals surface area contributed by atoms with Crippen LogP contribution in [0.1, 0.15) is 61.8 Å². The fourth-order valence-electron chi connectivity index (χ4n) is 1.49. The highest BCUT2D eigenvalue weighted by Gasteiger charge is 2.15. The van der Waals surface area contributed by atoms with Gasteiger partial charge < -0.3 is 0 Å². The molecule has 11 heavy (non-hydrogen) atoms. The average molecular weight is 160 g/mol. The van der Waals surface area contributed by atoms with Gasteiger partial charge in [0.25, 0.3) is 0 Å². The molecule has 1 rings (SSSR count). The van der Waals surface area contributed by atoms with Gasteiger partial charge in [0.1, 0.15) is 0 Å². The molecule has 0 heterocycles. The van der Waals surface area contributed by atoms with E-state index in [4.69, 9.17) is 0 Å². The van der Waals surface area contributed by atoms with Crippen LogP contribution in [-0.4, -0.2) is 0 Å². The van der Waals surface area contributed by atoms with E-state index in [1.807, 2.05) is 13.8 Å². The Kier molecular flexibility index (Phi) is 15.6. The third-order valence-corrected chi connectivity index (χ3v) is 1.96. The van der Waals surface area contributed by atoms with Gasteiger partial charge in [0.2, 0.25) is 0 Å². The second-order valence-corrected chi connectivity index (χ2v) is 3.02. The van der Waals surface area contributed by atoms with Crippen molar-refractivity contribution in [2.24, 2.45) is 11.8 Å². The van der Waals surface area contributed by atoms with Crippen molar-refractivity contribution in [3.05, 3.63) is 0 Å². The summed E-state index contributed by atoms with van der Waals surface area (Å²) in [6, 6.07) is 0. The first-order valence-electron chi connectivity index (χ1n) is 4.29. The molecule has 0 N–H and O–H groups in total. The van der Waals surface area contributed by atoms with E-state index >= 15 is 0 Å². The van der Waals surface area contributed by atoms with Crippen molar-refractivity contribution in [2.75, 3.05) is 0 Å². The highest BCUT2D eigenvalue weighted by molar-refractivity contribution is 4.68. The van der Waals surface area contributed by atoms with E-state index in [0.717, 1.165) is 11.8 Å². The van der Waals surface area contributed by atoms with Crippen LogP contribution in [0.3, 0.4) is 0 Å². The van der Waals surface area contributed by atoms with Crippen molar-refractivity contribution in [1.29, 1.82) is 0 Å². The third kappa shape index (κ3) is 7.90. The molecule has 0 aliphatic heterocycles. The van der Waals surface area contributed by atoms with Crippen LogP contribution < -0.4 is 0 Å². The maximum absolute atomic E-state index is 2.35. The smallest absolute Gasteiger partial charge is 0.0440 e. The highest BCUT2D eigenvalue weighted by atomic mass is 14.2. The summed E-state index contributed by atoms with van der Waals surface area (Å²) >= 11 is 0. The normalized spacial score (nSPS) is 27.3. The highest BCUT2D eigenvalue weighted by Crippen LogP contribution is 2.29. The minimum Gasteiger partial charge on any atom is -0.0776 e. The van der Waals surface area contributed by atoms with E-state index in [9.17, 15) is 0 Å². The zero-order chi connectivity index (χ0) is 7.28. The van der Waals surface area contributed by atoms with Gasteiger partial charge in [-0.2, -0.15) is 0 Å². The Morgan fingerprint density at radius 2 is 1.09 bits per heavy atom. The summed E-state index contributed by atoms with van der Waals surface area (Å²) in [5.74, 6) is 2.05. The van der Waals surface area contributed by atoms with Gasteiger partial charge in [-0.05, 0) is 18.3 Å². The van der Waals surface area contributed by atoms with Crippen LogP contribution in [0, 0.1) is 11.8 Å². The van der Waals surface area contributed by atoms with Gasteiger partial charge in [0.05, 0.1) is 0 Å². The molecule has 0 amide bonds. The predicted octanol–water partition coefficient (Wildman–Crippen LogP) is 4.74. The van der Waals surface area contributed by atoms with Crippen molar-refractivity contribution < 1.29 is 0 Å². The summed E-state index contributed by atoms with van der Waals surface area (Å²) in [5, 5.41) is 0. The number of hydrogen-bond donors (Lipinski definition) is 0. The first-order valence-corrected chi connectivity index (χ1v) is 4.29.